The van der Waals surface area contributed by atoms with Crippen LogP contribution in [0.15, 0.2) is 0 Å². The van der Waals surface area contributed by atoms with Crippen LogP contribution in [-0.2, 0) is 9.53 Å². The van der Waals surface area contributed by atoms with Crippen LogP contribution in [0.5, 0.6) is 0 Å². The largest absolute Gasteiger partial charge is 0.462 e. The molecule has 0 aromatic heterocycles. The summed E-state index contributed by atoms with van der Waals surface area (Å²) >= 11 is 0. The van der Waals surface area contributed by atoms with Crippen molar-refractivity contribution in [2.45, 2.75) is 66.9 Å². The fourth-order valence-electron chi connectivity index (χ4n) is 2.77. The molecule has 0 bridgehead atoms. The lowest BCUT2D eigenvalue weighted by atomic mass is 9.79. The van der Waals surface area contributed by atoms with Gasteiger partial charge in [-0.25, -0.2) is 0 Å². The Morgan fingerprint density at radius 3 is 2.22 bits per heavy atom. The molecule has 1 saturated carbocycles. The second kappa shape index (κ2) is 4.84. The van der Waals surface area contributed by atoms with Gasteiger partial charge in [-0.15, -0.1) is 0 Å². The number of carbonyl (C=O) groups excluding carboxylic acids is 1. The fourth-order valence-corrected chi connectivity index (χ4v) is 2.77. The third-order valence-electron chi connectivity index (χ3n) is 4.02. The number of carbonyl (C=O) groups is 1. The minimum atomic E-state index is -0.539. The second-order valence-electron chi connectivity index (χ2n) is 7.54. The summed E-state index contributed by atoms with van der Waals surface area (Å²) in [5, 5.41) is 9.48. The van der Waals surface area contributed by atoms with Gasteiger partial charge in [-0.2, -0.15) is 0 Å². The molecule has 0 heterocycles. The van der Waals surface area contributed by atoms with E-state index < -0.39 is 6.10 Å². The van der Waals surface area contributed by atoms with Crippen molar-refractivity contribution in [3.8, 4) is 0 Å². The van der Waals surface area contributed by atoms with Crippen molar-refractivity contribution in [3.05, 3.63) is 0 Å². The highest BCUT2D eigenvalue weighted by Gasteiger charge is 2.67. The number of ether oxygens (including phenoxy) is 1. The highest BCUT2D eigenvalue weighted by Crippen LogP contribution is 2.68. The van der Waals surface area contributed by atoms with Crippen molar-refractivity contribution in [3.63, 3.8) is 0 Å². The molecule has 106 valence electrons. The number of esters is 1. The Morgan fingerprint density at radius 2 is 1.89 bits per heavy atom. The summed E-state index contributed by atoms with van der Waals surface area (Å²) < 4.78 is 5.31. The lowest BCUT2D eigenvalue weighted by Gasteiger charge is -2.27. The molecule has 0 radical (unpaired) electrons. The number of hydrogen-bond donors (Lipinski definition) is 1. The Bertz CT molecular complexity index is 314. The van der Waals surface area contributed by atoms with E-state index in [1.54, 1.807) is 0 Å². The second-order valence-corrected chi connectivity index (χ2v) is 7.54. The van der Waals surface area contributed by atoms with E-state index in [-0.39, 0.29) is 28.8 Å². The topological polar surface area (TPSA) is 46.5 Å². The van der Waals surface area contributed by atoms with Crippen LogP contribution < -0.4 is 0 Å². The van der Waals surface area contributed by atoms with Gasteiger partial charge in [0.1, 0.15) is 6.61 Å². The van der Waals surface area contributed by atoms with Crippen LogP contribution >= 0.6 is 0 Å². The van der Waals surface area contributed by atoms with Crippen molar-refractivity contribution in [1.29, 1.82) is 0 Å². The number of aliphatic hydroxyl groups excluding tert-OH is 1. The van der Waals surface area contributed by atoms with Crippen LogP contribution in [0, 0.1) is 16.2 Å². The fraction of sp³-hybridized carbons (Fsp3) is 0.933. The lowest BCUT2D eigenvalue weighted by molar-refractivity contribution is -0.156. The third-order valence-corrected chi connectivity index (χ3v) is 4.02. The highest BCUT2D eigenvalue weighted by atomic mass is 16.5. The Balaban J connectivity index is 2.67. The van der Waals surface area contributed by atoms with Crippen molar-refractivity contribution in [2.24, 2.45) is 16.2 Å². The number of rotatable bonds is 5. The van der Waals surface area contributed by atoms with Gasteiger partial charge < -0.3 is 9.84 Å². The molecule has 3 nitrogen and oxygen atoms in total. The molecule has 0 aromatic rings. The molecule has 1 rings (SSSR count). The molecule has 0 spiro atoms. The van der Waals surface area contributed by atoms with Gasteiger partial charge in [-0.1, -0.05) is 41.5 Å². The van der Waals surface area contributed by atoms with Gasteiger partial charge >= 0.3 is 5.97 Å². The molecule has 1 aliphatic carbocycles. The van der Waals surface area contributed by atoms with E-state index in [9.17, 15) is 9.90 Å². The van der Waals surface area contributed by atoms with E-state index in [1.165, 1.54) is 0 Å². The summed E-state index contributed by atoms with van der Waals surface area (Å²) in [7, 11) is 0. The van der Waals surface area contributed by atoms with E-state index in [2.05, 4.69) is 34.6 Å². The maximum Gasteiger partial charge on any atom is 0.312 e. The van der Waals surface area contributed by atoms with Crippen LogP contribution in [0.1, 0.15) is 60.8 Å². The molecule has 0 aromatic carbocycles. The molecule has 2 unspecified atom stereocenters. The van der Waals surface area contributed by atoms with Gasteiger partial charge in [0, 0.05) is 0 Å². The first-order valence-corrected chi connectivity index (χ1v) is 6.89. The third kappa shape index (κ3) is 3.25. The molecule has 0 amide bonds. The average molecular weight is 256 g/mol. The average Bonchev–Trinajstić information content (AvgIpc) is 2.74. The highest BCUT2D eigenvalue weighted by molar-refractivity contribution is 5.81. The van der Waals surface area contributed by atoms with Crippen molar-refractivity contribution < 1.29 is 14.6 Å². The summed E-state index contributed by atoms with van der Waals surface area (Å²) in [6.07, 6.45) is 1.80. The molecular formula is C15H28O3. The molecule has 2 atom stereocenters. The van der Waals surface area contributed by atoms with Gasteiger partial charge in [0.15, 0.2) is 0 Å². The van der Waals surface area contributed by atoms with Crippen LogP contribution in [0.25, 0.3) is 0 Å². The first-order valence-electron chi connectivity index (χ1n) is 6.89. The van der Waals surface area contributed by atoms with E-state index in [0.29, 0.717) is 6.42 Å². The zero-order valence-electron chi connectivity index (χ0n) is 12.7. The standard InChI is InChI=1S/C15H28O3/c1-7-11(16)8-18-12(17)15(9-13(2,3)4)10-14(15,5)6/h11,16H,7-10H2,1-6H3. The predicted octanol–water partition coefficient (Wildman–Crippen LogP) is 3.15. The predicted molar refractivity (Wildman–Crippen MR) is 72.2 cm³/mol. The smallest absolute Gasteiger partial charge is 0.312 e. The van der Waals surface area contributed by atoms with Crippen LogP contribution in [0.3, 0.4) is 0 Å². The molecule has 3 heteroatoms. The van der Waals surface area contributed by atoms with E-state index in [0.717, 1.165) is 12.8 Å². The van der Waals surface area contributed by atoms with Crippen molar-refractivity contribution in [2.75, 3.05) is 6.61 Å². The van der Waals surface area contributed by atoms with Crippen LogP contribution in [-0.4, -0.2) is 23.8 Å². The zero-order chi connectivity index (χ0) is 14.2. The quantitative estimate of drug-likeness (QED) is 0.769. The van der Waals surface area contributed by atoms with Crippen molar-refractivity contribution in [1.82, 2.24) is 0 Å². The minimum Gasteiger partial charge on any atom is -0.462 e. The van der Waals surface area contributed by atoms with Gasteiger partial charge in [-0.3, -0.25) is 4.79 Å². The van der Waals surface area contributed by atoms with Crippen LogP contribution in [0.4, 0.5) is 0 Å². The normalized spacial score (nSPS) is 27.7. The first kappa shape index (κ1) is 15.5. The first-order chi connectivity index (χ1) is 8.04. The van der Waals surface area contributed by atoms with E-state index >= 15 is 0 Å². The zero-order valence-corrected chi connectivity index (χ0v) is 12.7. The summed E-state index contributed by atoms with van der Waals surface area (Å²) in [5.41, 5.74) is -0.219. The molecule has 18 heavy (non-hydrogen) atoms. The molecule has 0 aliphatic heterocycles. The summed E-state index contributed by atoms with van der Waals surface area (Å²) in [6.45, 7) is 12.7. The molecule has 1 aliphatic rings. The monoisotopic (exact) mass is 256 g/mol. The van der Waals surface area contributed by atoms with Gasteiger partial charge in [0.05, 0.1) is 11.5 Å². The van der Waals surface area contributed by atoms with Gasteiger partial charge in [-0.05, 0) is 30.1 Å². The molecule has 1 N–H and O–H groups in total. The van der Waals surface area contributed by atoms with Crippen molar-refractivity contribution >= 4 is 5.97 Å². The minimum absolute atomic E-state index is 0.0224. The number of aliphatic hydroxyl groups is 1. The summed E-state index contributed by atoms with van der Waals surface area (Å²) in [5.74, 6) is -0.130. The molecule has 0 saturated heterocycles. The summed E-state index contributed by atoms with van der Waals surface area (Å²) in [6, 6.07) is 0. The Kier molecular flexibility index (Phi) is 4.16. The van der Waals surface area contributed by atoms with Gasteiger partial charge in [0.25, 0.3) is 0 Å². The summed E-state index contributed by atoms with van der Waals surface area (Å²) in [4.78, 5) is 12.3. The van der Waals surface area contributed by atoms with E-state index in [4.69, 9.17) is 4.74 Å². The Morgan fingerprint density at radius 1 is 1.39 bits per heavy atom. The molecular weight excluding hydrogens is 228 g/mol. The maximum atomic E-state index is 12.3. The lowest BCUT2D eigenvalue weighted by Crippen LogP contribution is -2.31. The Hall–Kier alpha value is -0.570. The van der Waals surface area contributed by atoms with Crippen LogP contribution in [0.2, 0.25) is 0 Å². The number of hydrogen-bond acceptors (Lipinski definition) is 3. The van der Waals surface area contributed by atoms with Gasteiger partial charge in [0.2, 0.25) is 0 Å². The maximum absolute atomic E-state index is 12.3. The van der Waals surface area contributed by atoms with E-state index in [1.807, 2.05) is 6.92 Å². The molecule has 1 fully saturated rings. The Labute approximate surface area is 111 Å². The SMILES string of the molecule is CCC(O)COC(=O)C1(CC(C)(C)C)CC1(C)C.